The van der Waals surface area contributed by atoms with E-state index in [4.69, 9.17) is 14.9 Å². The molecule has 0 bridgehead atoms. The number of phenolic OH excluding ortho intramolecular Hbond substituents is 2. The number of aryl methyl sites for hydroxylation is 2. The summed E-state index contributed by atoms with van der Waals surface area (Å²) in [4.78, 5) is 0. The normalized spacial score (nSPS) is 7.62. The maximum Gasteiger partial charge on any atom is 0.160 e. The molecular weight excluding hydrogens is 724 g/mol. The molecule has 0 saturated carbocycles. The van der Waals surface area contributed by atoms with Crippen LogP contribution in [0.5, 0.6) is 17.2 Å². The van der Waals surface area contributed by atoms with Gasteiger partial charge in [0.25, 0.3) is 0 Å². The molecule has 0 aliphatic heterocycles. The predicted octanol–water partition coefficient (Wildman–Crippen LogP) is 6.34. The molecule has 2 N–H and O–H groups in total. The molecular formula is C23H29IO3WY-2. The van der Waals surface area contributed by atoms with Crippen molar-refractivity contribution >= 4 is 24.0 Å². The molecule has 6 heteroatoms. The Bertz CT molecular complexity index is 676. The van der Waals surface area contributed by atoms with Gasteiger partial charge in [0.1, 0.15) is 0 Å². The van der Waals surface area contributed by atoms with Crippen LogP contribution in [0.4, 0.5) is 0 Å². The van der Waals surface area contributed by atoms with Crippen LogP contribution in [-0.4, -0.2) is 17.3 Å². The third-order valence-electron chi connectivity index (χ3n) is 2.92. The number of phenols is 2. The van der Waals surface area contributed by atoms with Gasteiger partial charge in [-0.2, -0.15) is 54.1 Å². The van der Waals surface area contributed by atoms with E-state index in [1.807, 2.05) is 51.1 Å². The van der Waals surface area contributed by atoms with E-state index in [1.165, 1.54) is 12.7 Å². The van der Waals surface area contributed by atoms with Crippen LogP contribution < -0.4 is 4.74 Å². The molecule has 1 radical (unpaired) electrons. The summed E-state index contributed by atoms with van der Waals surface area (Å²) in [6.45, 7) is 8.01. The van der Waals surface area contributed by atoms with E-state index in [1.54, 1.807) is 36.4 Å². The zero-order valence-electron chi connectivity index (χ0n) is 17.5. The van der Waals surface area contributed by atoms with Crippen molar-refractivity contribution in [3.63, 3.8) is 0 Å². The van der Waals surface area contributed by atoms with Crippen molar-refractivity contribution in [2.75, 3.05) is 7.11 Å². The van der Waals surface area contributed by atoms with Crippen molar-refractivity contribution in [1.82, 2.24) is 0 Å². The van der Waals surface area contributed by atoms with Gasteiger partial charge in [-0.05, 0) is 24.6 Å². The summed E-state index contributed by atoms with van der Waals surface area (Å²) >= 11 is 0. The molecule has 157 valence electrons. The van der Waals surface area contributed by atoms with Crippen molar-refractivity contribution in [3.05, 3.63) is 90.0 Å². The Hall–Kier alpha value is -0.418. The second-order valence-corrected chi connectivity index (χ2v) is 5.01. The zero-order valence-corrected chi connectivity index (χ0v) is 25.6. The van der Waals surface area contributed by atoms with E-state index < -0.39 is 0 Å². The molecule has 0 unspecified atom stereocenters. The first kappa shape index (κ1) is 36.0. The molecule has 3 aromatic carbocycles. The van der Waals surface area contributed by atoms with Gasteiger partial charge in [-0.15, -0.1) is 36.1 Å². The zero-order chi connectivity index (χ0) is 19.8. The molecule has 0 fully saturated rings. The number of hydrogen-bond acceptors (Lipinski definition) is 3. The number of methoxy groups -OCH3 is 1. The maximum absolute atomic E-state index is 9.11. The SMILES string of the molecule is CC.COc1cc(C)ccc1O.Cc1cc[c-]cc1.I.Oc1cc[c-]cc1.[W].[Y]. The number of hydrogen-bond donors (Lipinski definition) is 2. The van der Waals surface area contributed by atoms with Crippen LogP contribution in [0.15, 0.2) is 66.7 Å². The largest absolute Gasteiger partial charge is 0.533 e. The van der Waals surface area contributed by atoms with Gasteiger partial charge >= 0.3 is 0 Å². The standard InChI is InChI=1S/C8H10O2.C7H7.C6H5O.C2H6.HI.W.Y/c1-6-3-4-7(9)8(5-6)10-2;1-7-5-3-2-4-6-7;7-6-4-2-1-3-5-6;1-2;;;/h3-5,9H,1-2H3;3-6H,1H3;2-5,7H;1-2H3;1H;;/q;2*-1;;;;. The fourth-order valence-electron chi connectivity index (χ4n) is 1.63. The minimum atomic E-state index is 0. The van der Waals surface area contributed by atoms with Crippen LogP contribution in [-0.2, 0) is 53.8 Å². The third-order valence-corrected chi connectivity index (χ3v) is 2.92. The summed E-state index contributed by atoms with van der Waals surface area (Å²) in [5.74, 6) is 1.01. The Balaban J connectivity index is -0.000000150. The van der Waals surface area contributed by atoms with Crippen molar-refractivity contribution < 1.29 is 68.7 Å². The Labute approximate surface area is 232 Å². The number of ether oxygens (including phenoxy) is 1. The number of aromatic hydroxyl groups is 2. The predicted molar refractivity (Wildman–Crippen MR) is 123 cm³/mol. The van der Waals surface area contributed by atoms with Crippen LogP contribution in [0.2, 0.25) is 0 Å². The van der Waals surface area contributed by atoms with E-state index >= 15 is 0 Å². The fourth-order valence-corrected chi connectivity index (χ4v) is 1.63. The third kappa shape index (κ3) is 19.3. The Morgan fingerprint density at radius 3 is 1.48 bits per heavy atom. The second kappa shape index (κ2) is 23.9. The molecule has 0 spiro atoms. The molecule has 0 amide bonds. The van der Waals surface area contributed by atoms with Gasteiger partial charge in [-0.25, -0.2) is 0 Å². The summed E-state index contributed by atoms with van der Waals surface area (Å²) in [6.07, 6.45) is 0. The molecule has 0 heterocycles. The number of rotatable bonds is 1. The molecule has 0 aliphatic carbocycles. The molecule has 0 atom stereocenters. The van der Waals surface area contributed by atoms with Crippen molar-refractivity contribution in [1.29, 1.82) is 0 Å². The summed E-state index contributed by atoms with van der Waals surface area (Å²) < 4.78 is 4.88. The Morgan fingerprint density at radius 2 is 1.21 bits per heavy atom. The molecule has 3 aromatic rings. The number of benzene rings is 3. The smallest absolute Gasteiger partial charge is 0.160 e. The first-order valence-electron chi connectivity index (χ1n) is 8.44. The monoisotopic (exact) mass is 753 g/mol. The van der Waals surface area contributed by atoms with Crippen molar-refractivity contribution in [2.24, 2.45) is 0 Å². The van der Waals surface area contributed by atoms with E-state index in [0.717, 1.165) is 5.56 Å². The van der Waals surface area contributed by atoms with Crippen molar-refractivity contribution in [3.8, 4) is 17.2 Å². The maximum atomic E-state index is 9.11. The summed E-state index contributed by atoms with van der Waals surface area (Å²) in [7, 11) is 1.54. The molecule has 3 nitrogen and oxygen atoms in total. The summed E-state index contributed by atoms with van der Waals surface area (Å²) in [6, 6.07) is 25.3. The first-order chi connectivity index (χ1) is 12.5. The van der Waals surface area contributed by atoms with Crippen LogP contribution >= 0.6 is 24.0 Å². The topological polar surface area (TPSA) is 49.7 Å². The van der Waals surface area contributed by atoms with Gasteiger partial charge < -0.3 is 14.9 Å². The van der Waals surface area contributed by atoms with Gasteiger partial charge in [-0.1, -0.05) is 26.8 Å². The fraction of sp³-hybridized carbons (Fsp3) is 0.217. The molecule has 0 aliphatic rings. The minimum Gasteiger partial charge on any atom is -0.533 e. The van der Waals surface area contributed by atoms with Crippen molar-refractivity contribution in [2.45, 2.75) is 27.7 Å². The summed E-state index contributed by atoms with van der Waals surface area (Å²) in [5.41, 5.74) is 2.37. The van der Waals surface area contributed by atoms with Crippen LogP contribution in [0.25, 0.3) is 0 Å². The molecule has 0 aromatic heterocycles. The average Bonchev–Trinajstić information content (AvgIpc) is 2.67. The van der Waals surface area contributed by atoms with E-state index in [9.17, 15) is 0 Å². The number of halogens is 1. The van der Waals surface area contributed by atoms with Gasteiger partial charge in [0.05, 0.1) is 7.11 Å². The molecule has 0 saturated heterocycles. The molecule has 29 heavy (non-hydrogen) atoms. The van der Waals surface area contributed by atoms with Gasteiger partial charge in [0.2, 0.25) is 0 Å². The minimum absolute atomic E-state index is 0. The first-order valence-corrected chi connectivity index (χ1v) is 8.44. The summed E-state index contributed by atoms with van der Waals surface area (Å²) in [5, 5.41) is 17.7. The van der Waals surface area contributed by atoms with Gasteiger partial charge in [0, 0.05) is 59.5 Å². The molecule has 3 rings (SSSR count). The second-order valence-electron chi connectivity index (χ2n) is 5.01. The van der Waals surface area contributed by atoms with E-state index in [0.29, 0.717) is 11.5 Å². The van der Waals surface area contributed by atoms with Gasteiger partial charge in [0.15, 0.2) is 11.5 Å². The van der Waals surface area contributed by atoms with Crippen LogP contribution in [0.3, 0.4) is 0 Å². The van der Waals surface area contributed by atoms with E-state index in [2.05, 4.69) is 19.1 Å². The van der Waals surface area contributed by atoms with Gasteiger partial charge in [-0.3, -0.25) is 0 Å². The Morgan fingerprint density at radius 1 is 0.759 bits per heavy atom. The van der Waals surface area contributed by atoms with Crippen LogP contribution in [0, 0.1) is 26.0 Å². The van der Waals surface area contributed by atoms with E-state index in [-0.39, 0.29) is 83.5 Å². The average molecular weight is 753 g/mol. The van der Waals surface area contributed by atoms with Crippen LogP contribution in [0.1, 0.15) is 25.0 Å². The quantitative estimate of drug-likeness (QED) is 0.226. The Kier molecular flexibility index (Phi) is 29.6.